The highest BCUT2D eigenvalue weighted by Crippen LogP contribution is 2.27. The van der Waals surface area contributed by atoms with Crippen molar-refractivity contribution in [3.05, 3.63) is 28.2 Å². The SMILES string of the molecule is CCCC(=O)OOc1ccc(Cl)cc1Cl. The number of halogens is 2. The van der Waals surface area contributed by atoms with E-state index >= 15 is 0 Å². The van der Waals surface area contributed by atoms with Crippen molar-refractivity contribution in [1.29, 1.82) is 0 Å². The van der Waals surface area contributed by atoms with Crippen LogP contribution in [0.2, 0.25) is 10.0 Å². The fourth-order valence-corrected chi connectivity index (χ4v) is 1.32. The molecule has 0 unspecified atom stereocenters. The molecule has 0 fully saturated rings. The minimum absolute atomic E-state index is 0.269. The average molecular weight is 249 g/mol. The van der Waals surface area contributed by atoms with Gasteiger partial charge in [0.2, 0.25) is 0 Å². The predicted octanol–water partition coefficient (Wildman–Crippen LogP) is 3.63. The third-order valence-corrected chi connectivity index (χ3v) is 2.10. The number of benzene rings is 1. The Labute approximate surface area is 97.8 Å². The van der Waals surface area contributed by atoms with E-state index in [4.69, 9.17) is 28.1 Å². The largest absolute Gasteiger partial charge is 0.355 e. The minimum atomic E-state index is -0.427. The smallest absolute Gasteiger partial charge is 0.285 e. The van der Waals surface area contributed by atoms with Crippen LogP contribution in [-0.4, -0.2) is 5.97 Å². The van der Waals surface area contributed by atoms with Gasteiger partial charge < -0.3 is 0 Å². The average Bonchev–Trinajstić information content (AvgIpc) is 2.17. The number of rotatable bonds is 4. The molecular formula is C10H10Cl2O3. The topological polar surface area (TPSA) is 35.5 Å². The van der Waals surface area contributed by atoms with Crippen molar-refractivity contribution in [2.24, 2.45) is 0 Å². The molecule has 82 valence electrons. The van der Waals surface area contributed by atoms with Gasteiger partial charge in [0, 0.05) is 11.4 Å². The molecule has 1 aromatic rings. The van der Waals surface area contributed by atoms with Gasteiger partial charge in [-0.15, -0.1) is 0 Å². The molecule has 1 aromatic carbocycles. The van der Waals surface area contributed by atoms with Crippen molar-refractivity contribution >= 4 is 29.2 Å². The van der Waals surface area contributed by atoms with Gasteiger partial charge in [-0.25, -0.2) is 4.79 Å². The van der Waals surface area contributed by atoms with E-state index < -0.39 is 5.97 Å². The molecule has 0 heterocycles. The fourth-order valence-electron chi connectivity index (χ4n) is 0.880. The molecule has 0 bridgehead atoms. The Morgan fingerprint density at radius 3 is 2.73 bits per heavy atom. The van der Waals surface area contributed by atoms with Crippen molar-refractivity contribution in [2.45, 2.75) is 19.8 Å². The van der Waals surface area contributed by atoms with Crippen LogP contribution in [0.25, 0.3) is 0 Å². The van der Waals surface area contributed by atoms with E-state index in [2.05, 4.69) is 4.89 Å². The van der Waals surface area contributed by atoms with Crippen LogP contribution >= 0.6 is 23.2 Å². The van der Waals surface area contributed by atoms with E-state index in [-0.39, 0.29) is 5.75 Å². The van der Waals surface area contributed by atoms with Gasteiger partial charge in [0.1, 0.15) is 0 Å². The number of carbonyl (C=O) groups excluding carboxylic acids is 1. The highest BCUT2D eigenvalue weighted by atomic mass is 35.5. The Morgan fingerprint density at radius 2 is 2.13 bits per heavy atom. The fraction of sp³-hybridized carbons (Fsp3) is 0.300. The Bertz CT molecular complexity index is 353. The summed E-state index contributed by atoms with van der Waals surface area (Å²) in [4.78, 5) is 20.3. The first-order chi connectivity index (χ1) is 7.13. The normalized spacial score (nSPS) is 9.80. The summed E-state index contributed by atoms with van der Waals surface area (Å²) in [5.41, 5.74) is 0. The molecular weight excluding hydrogens is 239 g/mol. The highest BCUT2D eigenvalue weighted by molar-refractivity contribution is 6.35. The van der Waals surface area contributed by atoms with E-state index in [0.29, 0.717) is 22.9 Å². The van der Waals surface area contributed by atoms with Gasteiger partial charge >= 0.3 is 5.97 Å². The number of carbonyl (C=O) groups is 1. The summed E-state index contributed by atoms with van der Waals surface area (Å²) in [5, 5.41) is 0.791. The second-order valence-electron chi connectivity index (χ2n) is 2.86. The molecule has 0 saturated heterocycles. The zero-order chi connectivity index (χ0) is 11.3. The van der Waals surface area contributed by atoms with Gasteiger partial charge in [0.05, 0.1) is 5.02 Å². The van der Waals surface area contributed by atoms with Crippen LogP contribution in [0.1, 0.15) is 19.8 Å². The predicted molar refractivity (Wildman–Crippen MR) is 58.1 cm³/mol. The Hall–Kier alpha value is -0.930. The van der Waals surface area contributed by atoms with Crippen molar-refractivity contribution < 1.29 is 14.6 Å². The highest BCUT2D eigenvalue weighted by Gasteiger charge is 2.07. The zero-order valence-corrected chi connectivity index (χ0v) is 9.64. The van der Waals surface area contributed by atoms with Crippen LogP contribution in [0.15, 0.2) is 18.2 Å². The number of hydrogen-bond donors (Lipinski definition) is 0. The third kappa shape index (κ3) is 3.98. The molecule has 0 aliphatic heterocycles. The summed E-state index contributed by atoms with van der Waals surface area (Å²) in [7, 11) is 0. The van der Waals surface area contributed by atoms with Crippen molar-refractivity contribution in [1.82, 2.24) is 0 Å². The van der Waals surface area contributed by atoms with Crippen LogP contribution in [0.5, 0.6) is 5.75 Å². The summed E-state index contributed by atoms with van der Waals surface area (Å²) >= 11 is 11.5. The zero-order valence-electron chi connectivity index (χ0n) is 8.13. The molecule has 0 radical (unpaired) electrons. The van der Waals surface area contributed by atoms with E-state index in [1.165, 1.54) is 12.1 Å². The Kier molecular flexibility index (Phi) is 4.72. The maximum atomic E-state index is 11.0. The molecule has 0 aliphatic carbocycles. The third-order valence-electron chi connectivity index (χ3n) is 1.57. The molecule has 0 spiro atoms. The standard InChI is InChI=1S/C10H10Cl2O3/c1-2-3-10(13)15-14-9-5-4-7(11)6-8(9)12/h4-6H,2-3H2,1H3. The molecule has 0 aliphatic rings. The molecule has 1 rings (SSSR count). The molecule has 0 amide bonds. The number of hydrogen-bond acceptors (Lipinski definition) is 3. The quantitative estimate of drug-likeness (QED) is 0.603. The summed E-state index contributed by atoms with van der Waals surface area (Å²) in [6, 6.07) is 4.63. The lowest BCUT2D eigenvalue weighted by Crippen LogP contribution is -2.07. The molecule has 0 N–H and O–H groups in total. The van der Waals surface area contributed by atoms with E-state index in [9.17, 15) is 4.79 Å². The van der Waals surface area contributed by atoms with Crippen molar-refractivity contribution in [3.8, 4) is 5.75 Å². The molecule has 0 aromatic heterocycles. The first kappa shape index (κ1) is 12.1. The Morgan fingerprint density at radius 1 is 1.40 bits per heavy atom. The Balaban J connectivity index is 2.54. The van der Waals surface area contributed by atoms with Crippen LogP contribution in [-0.2, 0) is 9.68 Å². The molecule has 3 nitrogen and oxygen atoms in total. The maximum absolute atomic E-state index is 11.0. The van der Waals surface area contributed by atoms with Crippen LogP contribution in [0.4, 0.5) is 0 Å². The van der Waals surface area contributed by atoms with Gasteiger partial charge in [0.25, 0.3) is 0 Å². The first-order valence-corrected chi connectivity index (χ1v) is 5.21. The summed E-state index contributed by atoms with van der Waals surface area (Å²) in [6.07, 6.45) is 1.02. The van der Waals surface area contributed by atoms with E-state index in [0.717, 1.165) is 0 Å². The summed E-state index contributed by atoms with van der Waals surface area (Å²) < 4.78 is 0. The lowest BCUT2D eigenvalue weighted by molar-refractivity contribution is -0.213. The second-order valence-corrected chi connectivity index (χ2v) is 3.71. The molecule has 15 heavy (non-hydrogen) atoms. The van der Waals surface area contributed by atoms with Crippen molar-refractivity contribution in [3.63, 3.8) is 0 Å². The maximum Gasteiger partial charge on any atom is 0.355 e. The van der Waals surface area contributed by atoms with Crippen LogP contribution < -0.4 is 4.89 Å². The van der Waals surface area contributed by atoms with Gasteiger partial charge in [-0.05, 0) is 24.6 Å². The molecule has 0 atom stereocenters. The van der Waals surface area contributed by atoms with Crippen molar-refractivity contribution in [2.75, 3.05) is 0 Å². The van der Waals surface area contributed by atoms with Gasteiger partial charge in [0.15, 0.2) is 5.75 Å². The lowest BCUT2D eigenvalue weighted by atomic mass is 10.3. The minimum Gasteiger partial charge on any atom is -0.285 e. The summed E-state index contributed by atoms with van der Waals surface area (Å²) in [6.45, 7) is 1.87. The van der Waals surface area contributed by atoms with Gasteiger partial charge in [-0.3, -0.25) is 9.78 Å². The van der Waals surface area contributed by atoms with Crippen LogP contribution in [0, 0.1) is 0 Å². The second kappa shape index (κ2) is 5.83. The van der Waals surface area contributed by atoms with E-state index in [1.807, 2.05) is 6.92 Å². The summed E-state index contributed by atoms with van der Waals surface area (Å²) in [5.74, 6) is -0.158. The van der Waals surface area contributed by atoms with E-state index in [1.54, 1.807) is 6.07 Å². The lowest BCUT2D eigenvalue weighted by Gasteiger charge is -2.05. The van der Waals surface area contributed by atoms with Crippen LogP contribution in [0.3, 0.4) is 0 Å². The molecule has 5 heteroatoms. The monoisotopic (exact) mass is 248 g/mol. The van der Waals surface area contributed by atoms with Gasteiger partial charge in [-0.1, -0.05) is 30.1 Å². The van der Waals surface area contributed by atoms with Gasteiger partial charge in [-0.2, -0.15) is 0 Å². The first-order valence-electron chi connectivity index (χ1n) is 4.46. The molecule has 0 saturated carbocycles.